The fourth-order valence-electron chi connectivity index (χ4n) is 4.72. The minimum Gasteiger partial charge on any atom is -0.508 e. The summed E-state index contributed by atoms with van der Waals surface area (Å²) in [6.45, 7) is 6.11. The van der Waals surface area contributed by atoms with Gasteiger partial charge >= 0.3 is 11.9 Å². The number of fused-ring (bicyclic) bond motifs is 1. The van der Waals surface area contributed by atoms with E-state index in [1.807, 2.05) is 38.1 Å². The molecule has 2 N–H and O–H groups in total. The number of rotatable bonds is 9. The van der Waals surface area contributed by atoms with Crippen molar-refractivity contribution in [3.63, 3.8) is 0 Å². The van der Waals surface area contributed by atoms with Gasteiger partial charge in [-0.3, -0.25) is 4.79 Å². The number of hydrogen-bond acceptors (Lipinski definition) is 6. The van der Waals surface area contributed by atoms with E-state index in [0.29, 0.717) is 41.5 Å². The lowest BCUT2D eigenvalue weighted by Crippen LogP contribution is -2.25. The molecule has 1 aliphatic rings. The van der Waals surface area contributed by atoms with Crippen molar-refractivity contribution in [1.82, 2.24) is 0 Å². The largest absolute Gasteiger partial charge is 0.508 e. The number of ether oxygens (including phenoxy) is 3. The minimum atomic E-state index is -0.902. The van der Waals surface area contributed by atoms with Crippen molar-refractivity contribution in [3.8, 4) is 23.0 Å². The van der Waals surface area contributed by atoms with E-state index in [2.05, 4.69) is 17.4 Å². The lowest BCUT2D eigenvalue weighted by Gasteiger charge is -2.21. The van der Waals surface area contributed by atoms with E-state index in [1.165, 1.54) is 0 Å². The van der Waals surface area contributed by atoms with Crippen LogP contribution in [0.25, 0.3) is 0 Å². The SMILES string of the molecule is CCOC(=O)C(=O)Nc1cc(C)c(Oc2ccc(O)c(CC)c2OCCc2ccccc2)c2c1CCC2. The molecule has 37 heavy (non-hydrogen) atoms. The van der Waals surface area contributed by atoms with Crippen LogP contribution < -0.4 is 14.8 Å². The van der Waals surface area contributed by atoms with Crippen LogP contribution in [0.1, 0.15) is 48.1 Å². The normalized spacial score (nSPS) is 12.1. The number of hydrogen-bond donors (Lipinski definition) is 2. The van der Waals surface area contributed by atoms with E-state index in [0.717, 1.165) is 47.9 Å². The summed E-state index contributed by atoms with van der Waals surface area (Å²) in [5.74, 6) is 0.253. The second-order valence-electron chi connectivity index (χ2n) is 8.99. The molecule has 1 amide bonds. The van der Waals surface area contributed by atoms with Crippen molar-refractivity contribution in [1.29, 1.82) is 0 Å². The summed E-state index contributed by atoms with van der Waals surface area (Å²) in [6.07, 6.45) is 3.77. The molecule has 3 aromatic rings. The maximum Gasteiger partial charge on any atom is 0.397 e. The molecule has 194 valence electrons. The third-order valence-electron chi connectivity index (χ3n) is 6.49. The summed E-state index contributed by atoms with van der Waals surface area (Å²) in [5, 5.41) is 13.2. The van der Waals surface area contributed by atoms with Crippen LogP contribution in [0.3, 0.4) is 0 Å². The van der Waals surface area contributed by atoms with Crippen LogP contribution in [0.5, 0.6) is 23.0 Å². The number of aromatic hydroxyl groups is 1. The molecule has 1 aliphatic carbocycles. The summed E-state index contributed by atoms with van der Waals surface area (Å²) in [6, 6.07) is 15.3. The highest BCUT2D eigenvalue weighted by Gasteiger charge is 2.26. The molecule has 0 fully saturated rings. The van der Waals surface area contributed by atoms with Crippen LogP contribution in [0, 0.1) is 6.92 Å². The summed E-state index contributed by atoms with van der Waals surface area (Å²) < 4.78 is 17.5. The van der Waals surface area contributed by atoms with Gasteiger partial charge in [0.2, 0.25) is 0 Å². The first-order valence-electron chi connectivity index (χ1n) is 12.8. The Morgan fingerprint density at radius 1 is 1.00 bits per heavy atom. The lowest BCUT2D eigenvalue weighted by molar-refractivity contribution is -0.152. The summed E-state index contributed by atoms with van der Waals surface area (Å²) in [4.78, 5) is 24.1. The smallest absolute Gasteiger partial charge is 0.397 e. The number of aryl methyl sites for hydroxylation is 1. The highest BCUT2D eigenvalue weighted by atomic mass is 16.5. The predicted molar refractivity (Wildman–Crippen MR) is 142 cm³/mol. The van der Waals surface area contributed by atoms with Gasteiger partial charge in [0.1, 0.15) is 11.5 Å². The third-order valence-corrected chi connectivity index (χ3v) is 6.49. The summed E-state index contributed by atoms with van der Waals surface area (Å²) >= 11 is 0. The van der Waals surface area contributed by atoms with Gasteiger partial charge in [-0.25, -0.2) is 4.79 Å². The monoisotopic (exact) mass is 503 g/mol. The molecule has 0 atom stereocenters. The van der Waals surface area contributed by atoms with Crippen LogP contribution in [0.2, 0.25) is 0 Å². The molecule has 0 bridgehead atoms. The second-order valence-corrected chi connectivity index (χ2v) is 8.99. The first kappa shape index (κ1) is 26.1. The van der Waals surface area contributed by atoms with Gasteiger partial charge in [0.15, 0.2) is 11.5 Å². The Bertz CT molecular complexity index is 1290. The fraction of sp³-hybridized carbons (Fsp3) is 0.333. The van der Waals surface area contributed by atoms with E-state index in [4.69, 9.17) is 14.2 Å². The maximum absolute atomic E-state index is 12.3. The zero-order valence-corrected chi connectivity index (χ0v) is 21.6. The van der Waals surface area contributed by atoms with Gasteiger partial charge in [-0.2, -0.15) is 0 Å². The summed E-state index contributed by atoms with van der Waals surface area (Å²) in [5.41, 5.74) is 5.24. The zero-order valence-electron chi connectivity index (χ0n) is 21.6. The highest BCUT2D eigenvalue weighted by molar-refractivity contribution is 6.37. The van der Waals surface area contributed by atoms with Gasteiger partial charge in [0, 0.05) is 23.2 Å². The van der Waals surface area contributed by atoms with E-state index < -0.39 is 11.9 Å². The molecule has 0 spiro atoms. The molecule has 0 aromatic heterocycles. The molecule has 3 aromatic carbocycles. The van der Waals surface area contributed by atoms with E-state index in [-0.39, 0.29) is 12.4 Å². The van der Waals surface area contributed by atoms with Crippen LogP contribution in [-0.2, 0) is 40.0 Å². The Morgan fingerprint density at radius 3 is 2.49 bits per heavy atom. The summed E-state index contributed by atoms with van der Waals surface area (Å²) in [7, 11) is 0. The molecule has 0 aliphatic heterocycles. The van der Waals surface area contributed by atoms with Gasteiger partial charge in [-0.15, -0.1) is 0 Å². The number of phenolic OH excluding ortho intramolecular Hbond substituents is 1. The number of benzene rings is 3. The average molecular weight is 504 g/mol. The Balaban J connectivity index is 1.62. The van der Waals surface area contributed by atoms with Crippen molar-refractivity contribution in [2.75, 3.05) is 18.5 Å². The highest BCUT2D eigenvalue weighted by Crippen LogP contribution is 2.45. The third kappa shape index (κ3) is 5.88. The van der Waals surface area contributed by atoms with Gasteiger partial charge in [-0.05, 0) is 74.4 Å². The molecule has 0 radical (unpaired) electrons. The molecule has 0 saturated carbocycles. The zero-order chi connectivity index (χ0) is 26.4. The Hall–Kier alpha value is -4.00. The van der Waals surface area contributed by atoms with Crippen molar-refractivity contribution in [2.24, 2.45) is 0 Å². The van der Waals surface area contributed by atoms with Gasteiger partial charge < -0.3 is 24.6 Å². The van der Waals surface area contributed by atoms with Crippen LogP contribution in [0.4, 0.5) is 5.69 Å². The number of carbonyl (C=O) groups is 2. The lowest BCUT2D eigenvalue weighted by atomic mass is 10.0. The van der Waals surface area contributed by atoms with E-state index in [1.54, 1.807) is 19.1 Å². The van der Waals surface area contributed by atoms with Gasteiger partial charge in [0.25, 0.3) is 0 Å². The van der Waals surface area contributed by atoms with Gasteiger partial charge in [-0.1, -0.05) is 37.3 Å². The Kier molecular flexibility index (Phi) is 8.33. The minimum absolute atomic E-state index is 0.137. The first-order valence-corrected chi connectivity index (χ1v) is 12.8. The van der Waals surface area contributed by atoms with Crippen LogP contribution in [-0.4, -0.2) is 30.2 Å². The molecule has 7 heteroatoms. The molecule has 4 rings (SSSR count). The second kappa shape index (κ2) is 11.8. The number of phenols is 1. The number of carbonyl (C=O) groups excluding carboxylic acids is 2. The first-order chi connectivity index (χ1) is 17.9. The van der Waals surface area contributed by atoms with Crippen molar-refractivity contribution in [2.45, 2.75) is 52.9 Å². The molecule has 0 heterocycles. The van der Waals surface area contributed by atoms with E-state index in [9.17, 15) is 14.7 Å². The number of amides is 1. The predicted octanol–water partition coefficient (Wildman–Crippen LogP) is 5.67. The molecular weight excluding hydrogens is 470 g/mol. The van der Waals surface area contributed by atoms with Crippen molar-refractivity contribution >= 4 is 17.6 Å². The quantitative estimate of drug-likeness (QED) is 0.289. The topological polar surface area (TPSA) is 94.1 Å². The Morgan fingerprint density at radius 2 is 1.76 bits per heavy atom. The maximum atomic E-state index is 12.3. The number of anilines is 1. The molecule has 0 saturated heterocycles. The van der Waals surface area contributed by atoms with Crippen LogP contribution >= 0.6 is 0 Å². The average Bonchev–Trinajstić information content (AvgIpc) is 3.38. The molecule has 7 nitrogen and oxygen atoms in total. The van der Waals surface area contributed by atoms with E-state index >= 15 is 0 Å². The molecular formula is C30H33NO6. The van der Waals surface area contributed by atoms with Crippen LogP contribution in [0.15, 0.2) is 48.5 Å². The standard InChI is InChI=1S/C30H33NO6/c1-4-21-25(32)14-15-26(28(21)36-17-16-20-10-7-6-8-11-20)37-27-19(3)18-24(22-12-9-13-23(22)27)31-29(33)30(34)35-5-2/h6-8,10-11,14-15,18,32H,4-5,9,12-13,16-17H2,1-3H3,(H,31,33). The number of esters is 1. The number of nitrogens with one attached hydrogen (secondary N) is 1. The van der Waals surface area contributed by atoms with Gasteiger partial charge in [0.05, 0.1) is 13.2 Å². The molecule has 0 unspecified atom stereocenters. The fourth-order valence-corrected chi connectivity index (χ4v) is 4.72. The Labute approximate surface area is 217 Å². The van der Waals surface area contributed by atoms with Crippen molar-refractivity contribution < 1.29 is 28.9 Å². The van der Waals surface area contributed by atoms with Crippen molar-refractivity contribution in [3.05, 3.63) is 76.3 Å².